The summed E-state index contributed by atoms with van der Waals surface area (Å²) in [6.07, 6.45) is 0. The van der Waals surface area contributed by atoms with Gasteiger partial charge in [-0.3, -0.25) is 19.7 Å². The first-order chi connectivity index (χ1) is 15.8. The largest absolute Gasteiger partial charge is 0.495 e. The summed E-state index contributed by atoms with van der Waals surface area (Å²) in [5.74, 6) is -0.916. The molecule has 1 N–H and O–H groups in total. The second-order valence-electron chi connectivity index (χ2n) is 6.86. The molecule has 1 aromatic heterocycles. The molecule has 0 fully saturated rings. The van der Waals surface area contributed by atoms with E-state index in [2.05, 4.69) is 5.32 Å². The van der Waals surface area contributed by atoms with E-state index in [1.807, 2.05) is 0 Å². The van der Waals surface area contributed by atoms with E-state index in [0.29, 0.717) is 16.7 Å². The molecule has 0 atom stereocenters. The lowest BCUT2D eigenvalue weighted by Gasteiger charge is -2.08. The van der Waals surface area contributed by atoms with E-state index in [9.17, 15) is 19.7 Å². The summed E-state index contributed by atoms with van der Waals surface area (Å²) in [5, 5.41) is 14.4. The molecule has 0 spiro atoms. The summed E-state index contributed by atoms with van der Waals surface area (Å²) in [4.78, 5) is 36.7. The highest BCUT2D eigenvalue weighted by atomic mass is 35.5. The zero-order valence-corrected chi connectivity index (χ0v) is 18.4. The minimum Gasteiger partial charge on any atom is -0.495 e. The molecule has 4 rings (SSSR count). The first-order valence-corrected chi connectivity index (χ1v) is 10.2. The maximum Gasteiger partial charge on any atom is 0.288 e. The van der Waals surface area contributed by atoms with Crippen LogP contribution in [0.15, 0.2) is 65.1 Å². The Morgan fingerprint density at radius 1 is 1.00 bits per heavy atom. The van der Waals surface area contributed by atoms with Crippen LogP contribution in [-0.4, -0.2) is 23.7 Å². The van der Waals surface area contributed by atoms with Gasteiger partial charge < -0.3 is 14.5 Å². The van der Waals surface area contributed by atoms with E-state index in [4.69, 9.17) is 32.4 Å². The lowest BCUT2D eigenvalue weighted by atomic mass is 10.1. The molecule has 0 aliphatic carbocycles. The second-order valence-corrected chi connectivity index (χ2v) is 7.67. The Morgan fingerprint density at radius 2 is 1.73 bits per heavy atom. The fourth-order valence-corrected chi connectivity index (χ4v) is 3.69. The SMILES string of the molecule is COc1ccc(C(=O)c2oc3ccccc3c2NC(=O)c2ccc(Cl)c([N+](=O)[O-])c2)cc1Cl. The van der Waals surface area contributed by atoms with Crippen LogP contribution in [0, 0.1) is 10.1 Å². The molecule has 166 valence electrons. The number of ketones is 1. The van der Waals surface area contributed by atoms with Crippen LogP contribution in [0.1, 0.15) is 26.5 Å². The third-order valence-corrected chi connectivity index (χ3v) is 5.47. The highest BCUT2D eigenvalue weighted by molar-refractivity contribution is 6.33. The van der Waals surface area contributed by atoms with Crippen molar-refractivity contribution in [2.45, 2.75) is 0 Å². The van der Waals surface area contributed by atoms with E-state index >= 15 is 0 Å². The molecule has 0 aliphatic heterocycles. The number of hydrogen-bond acceptors (Lipinski definition) is 6. The molecule has 33 heavy (non-hydrogen) atoms. The fourth-order valence-electron chi connectivity index (χ4n) is 3.25. The summed E-state index contributed by atoms with van der Waals surface area (Å²) < 4.78 is 10.9. The van der Waals surface area contributed by atoms with E-state index in [1.54, 1.807) is 30.3 Å². The summed E-state index contributed by atoms with van der Waals surface area (Å²) in [7, 11) is 1.46. The van der Waals surface area contributed by atoms with Crippen LogP contribution in [0.4, 0.5) is 11.4 Å². The Balaban J connectivity index is 1.77. The van der Waals surface area contributed by atoms with Gasteiger partial charge in [0, 0.05) is 22.6 Å². The lowest BCUT2D eigenvalue weighted by molar-refractivity contribution is -0.384. The third-order valence-electron chi connectivity index (χ3n) is 4.86. The Labute approximate surface area is 196 Å². The monoisotopic (exact) mass is 484 g/mol. The highest BCUT2D eigenvalue weighted by Crippen LogP contribution is 2.34. The number of nitro benzene ring substituents is 1. The fraction of sp³-hybridized carbons (Fsp3) is 0.0435. The molecule has 3 aromatic carbocycles. The van der Waals surface area contributed by atoms with Gasteiger partial charge in [0.2, 0.25) is 5.78 Å². The molecule has 8 nitrogen and oxygen atoms in total. The topological polar surface area (TPSA) is 112 Å². The summed E-state index contributed by atoms with van der Waals surface area (Å²) in [5.41, 5.74) is 0.299. The number of anilines is 1. The van der Waals surface area contributed by atoms with Crippen molar-refractivity contribution in [3.63, 3.8) is 0 Å². The number of para-hydroxylation sites is 1. The zero-order valence-electron chi connectivity index (χ0n) is 16.9. The first kappa shape index (κ1) is 22.3. The van der Waals surface area contributed by atoms with E-state index < -0.39 is 22.3 Å². The number of hydrogen-bond donors (Lipinski definition) is 1. The number of methoxy groups -OCH3 is 1. The number of amides is 1. The average Bonchev–Trinajstić information content (AvgIpc) is 3.16. The summed E-state index contributed by atoms with van der Waals surface area (Å²) in [6, 6.07) is 14.9. The van der Waals surface area contributed by atoms with Gasteiger partial charge in [-0.15, -0.1) is 0 Å². The van der Waals surface area contributed by atoms with Crippen LogP contribution in [0.25, 0.3) is 11.0 Å². The number of benzene rings is 3. The van der Waals surface area contributed by atoms with E-state index in [1.165, 1.54) is 31.4 Å². The molecule has 0 radical (unpaired) electrons. The normalized spacial score (nSPS) is 10.8. The van der Waals surface area contributed by atoms with Gasteiger partial charge in [0.15, 0.2) is 5.76 Å². The number of carbonyl (C=O) groups excluding carboxylic acids is 2. The number of nitrogens with zero attached hydrogens (tertiary/aromatic N) is 1. The molecule has 0 aliphatic rings. The van der Waals surface area contributed by atoms with Gasteiger partial charge in [-0.2, -0.15) is 0 Å². The van der Waals surface area contributed by atoms with Crippen LogP contribution in [0.2, 0.25) is 10.0 Å². The number of ether oxygens (including phenoxy) is 1. The standard InChI is InChI=1S/C23H14Cl2N2O6/c1-32-19-9-7-12(10-16(19)25)21(28)22-20(14-4-2-3-5-18(14)33-22)26-23(29)13-6-8-15(24)17(11-13)27(30)31/h2-11H,1H3,(H,26,29). The smallest absolute Gasteiger partial charge is 0.288 e. The Morgan fingerprint density at radius 3 is 2.42 bits per heavy atom. The molecule has 0 saturated heterocycles. The van der Waals surface area contributed by atoms with Gasteiger partial charge in [0.05, 0.1) is 22.7 Å². The molecular formula is C23H14Cl2N2O6. The quantitative estimate of drug-likeness (QED) is 0.200. The molecule has 1 heterocycles. The van der Waals surface area contributed by atoms with Crippen LogP contribution in [0.3, 0.4) is 0 Å². The molecule has 0 saturated carbocycles. The highest BCUT2D eigenvalue weighted by Gasteiger charge is 2.25. The van der Waals surface area contributed by atoms with Crippen molar-refractivity contribution in [2.24, 2.45) is 0 Å². The van der Waals surface area contributed by atoms with Gasteiger partial charge in [-0.05, 0) is 42.5 Å². The van der Waals surface area contributed by atoms with Gasteiger partial charge >= 0.3 is 0 Å². The van der Waals surface area contributed by atoms with Gasteiger partial charge in [0.1, 0.15) is 16.4 Å². The summed E-state index contributed by atoms with van der Waals surface area (Å²) in [6.45, 7) is 0. The van der Waals surface area contributed by atoms with Crippen LogP contribution in [-0.2, 0) is 0 Å². The molecular weight excluding hydrogens is 471 g/mol. The number of rotatable bonds is 6. The molecule has 10 heteroatoms. The number of halogens is 2. The maximum atomic E-state index is 13.2. The van der Waals surface area contributed by atoms with E-state index in [-0.39, 0.29) is 32.6 Å². The minimum atomic E-state index is -0.686. The maximum absolute atomic E-state index is 13.2. The first-order valence-electron chi connectivity index (χ1n) is 9.45. The Hall–Kier alpha value is -3.88. The van der Waals surface area contributed by atoms with E-state index in [0.717, 1.165) is 6.07 Å². The predicted molar refractivity (Wildman–Crippen MR) is 124 cm³/mol. The molecule has 0 unspecified atom stereocenters. The van der Waals surface area contributed by atoms with Crippen molar-refractivity contribution in [3.05, 3.63) is 97.7 Å². The third kappa shape index (κ3) is 4.26. The van der Waals surface area contributed by atoms with Crippen molar-refractivity contribution in [1.29, 1.82) is 0 Å². The number of carbonyl (C=O) groups is 2. The van der Waals surface area contributed by atoms with Crippen molar-refractivity contribution in [3.8, 4) is 5.75 Å². The van der Waals surface area contributed by atoms with Gasteiger partial charge in [-0.1, -0.05) is 35.3 Å². The number of furan rings is 1. The number of fused-ring (bicyclic) bond motifs is 1. The van der Waals surface area contributed by atoms with Crippen LogP contribution in [0.5, 0.6) is 5.75 Å². The van der Waals surface area contributed by atoms with Crippen molar-refractivity contribution in [2.75, 3.05) is 12.4 Å². The van der Waals surface area contributed by atoms with Gasteiger partial charge in [0.25, 0.3) is 11.6 Å². The van der Waals surface area contributed by atoms with Gasteiger partial charge in [-0.25, -0.2) is 0 Å². The lowest BCUT2D eigenvalue weighted by Crippen LogP contribution is -2.14. The number of nitrogens with one attached hydrogen (secondary N) is 1. The molecule has 0 bridgehead atoms. The van der Waals surface area contributed by atoms with Crippen molar-refractivity contribution >= 4 is 57.2 Å². The van der Waals surface area contributed by atoms with Crippen molar-refractivity contribution in [1.82, 2.24) is 0 Å². The van der Waals surface area contributed by atoms with Crippen LogP contribution >= 0.6 is 23.2 Å². The predicted octanol–water partition coefficient (Wildman–Crippen LogP) is 6.14. The Kier molecular flexibility index (Phi) is 6.04. The Bertz CT molecular complexity index is 1430. The average molecular weight is 485 g/mol. The minimum absolute atomic E-state index is 0.0118. The number of nitro groups is 1. The summed E-state index contributed by atoms with van der Waals surface area (Å²) >= 11 is 12.0. The molecule has 1 amide bonds. The molecule has 4 aromatic rings. The zero-order chi connectivity index (χ0) is 23.7. The second kappa shape index (κ2) is 8.93. The van der Waals surface area contributed by atoms with Crippen molar-refractivity contribution < 1.29 is 23.7 Å². The van der Waals surface area contributed by atoms with Crippen LogP contribution < -0.4 is 10.1 Å².